The van der Waals surface area contributed by atoms with Gasteiger partial charge in [-0.25, -0.2) is 9.97 Å². The summed E-state index contributed by atoms with van der Waals surface area (Å²) < 4.78 is 0. The lowest BCUT2D eigenvalue weighted by Gasteiger charge is -2.22. The molecule has 1 aliphatic rings. The van der Waals surface area contributed by atoms with Crippen LogP contribution in [0.25, 0.3) is 11.3 Å². The van der Waals surface area contributed by atoms with Crippen molar-refractivity contribution in [2.24, 2.45) is 0 Å². The van der Waals surface area contributed by atoms with Gasteiger partial charge in [-0.15, -0.1) is 0 Å². The zero-order valence-electron chi connectivity index (χ0n) is 11.3. The highest BCUT2D eigenvalue weighted by molar-refractivity contribution is 5.59. The number of benzene rings is 1. The van der Waals surface area contributed by atoms with Gasteiger partial charge >= 0.3 is 0 Å². The fraction of sp³-hybridized carbons (Fsp3) is 0.375. The summed E-state index contributed by atoms with van der Waals surface area (Å²) in [5.74, 6) is 1.39. The van der Waals surface area contributed by atoms with E-state index in [1.165, 1.54) is 18.5 Å². The summed E-state index contributed by atoms with van der Waals surface area (Å²) in [6, 6.07) is 12.5. The van der Waals surface area contributed by atoms with E-state index in [-0.39, 0.29) is 0 Å². The molecule has 1 atom stereocenters. The molecule has 0 amide bonds. The van der Waals surface area contributed by atoms with E-state index in [1.54, 1.807) is 0 Å². The van der Waals surface area contributed by atoms with Gasteiger partial charge < -0.3 is 5.32 Å². The van der Waals surface area contributed by atoms with Gasteiger partial charge in [-0.2, -0.15) is 0 Å². The first-order chi connectivity index (χ1) is 9.33. The monoisotopic (exact) mass is 253 g/mol. The Kier molecular flexibility index (Phi) is 3.56. The number of nitrogens with zero attached hydrogens (tertiary/aromatic N) is 2. The van der Waals surface area contributed by atoms with E-state index in [1.807, 2.05) is 13.0 Å². The van der Waals surface area contributed by atoms with Gasteiger partial charge in [0.25, 0.3) is 0 Å². The average Bonchev–Trinajstić information content (AvgIpc) is 2.48. The van der Waals surface area contributed by atoms with Crippen LogP contribution in [0.2, 0.25) is 0 Å². The Morgan fingerprint density at radius 3 is 2.74 bits per heavy atom. The predicted octanol–water partition coefficient (Wildman–Crippen LogP) is 2.92. The number of aryl methyl sites for hydroxylation is 1. The lowest BCUT2D eigenvalue weighted by molar-refractivity contribution is 0.453. The summed E-state index contributed by atoms with van der Waals surface area (Å²) >= 11 is 0. The Morgan fingerprint density at radius 2 is 2.00 bits per heavy atom. The van der Waals surface area contributed by atoms with Crippen molar-refractivity contribution < 1.29 is 0 Å². The molecule has 3 heteroatoms. The van der Waals surface area contributed by atoms with Crippen LogP contribution >= 0.6 is 0 Å². The Hall–Kier alpha value is -1.74. The standard InChI is InChI=1S/C16H19N3/c1-12-18-15(13-6-3-2-4-7-13)10-16(19-12)14-8-5-9-17-11-14/h2-4,6-7,10,14,17H,5,8-9,11H2,1H3/t14-/m1/s1. The molecule has 1 aromatic heterocycles. The molecular weight excluding hydrogens is 234 g/mol. The first kappa shape index (κ1) is 12.3. The Labute approximate surface area is 114 Å². The quantitative estimate of drug-likeness (QED) is 0.894. The molecule has 3 rings (SSSR count). The van der Waals surface area contributed by atoms with Gasteiger partial charge in [0.2, 0.25) is 0 Å². The molecule has 0 bridgehead atoms. The third kappa shape index (κ3) is 2.82. The minimum absolute atomic E-state index is 0.526. The first-order valence-corrected chi connectivity index (χ1v) is 6.94. The zero-order valence-corrected chi connectivity index (χ0v) is 11.3. The summed E-state index contributed by atoms with van der Waals surface area (Å²) in [6.07, 6.45) is 2.45. The van der Waals surface area contributed by atoms with Crippen molar-refractivity contribution in [3.05, 3.63) is 47.9 Å². The van der Waals surface area contributed by atoms with Crippen LogP contribution in [0.3, 0.4) is 0 Å². The lowest BCUT2D eigenvalue weighted by atomic mass is 9.95. The maximum atomic E-state index is 4.63. The molecule has 2 aromatic rings. The molecule has 0 unspecified atom stereocenters. The lowest BCUT2D eigenvalue weighted by Crippen LogP contribution is -2.29. The first-order valence-electron chi connectivity index (χ1n) is 6.94. The van der Waals surface area contributed by atoms with Crippen LogP contribution < -0.4 is 5.32 Å². The van der Waals surface area contributed by atoms with Gasteiger partial charge in [0, 0.05) is 23.7 Å². The van der Waals surface area contributed by atoms with Crippen molar-refractivity contribution in [2.75, 3.05) is 13.1 Å². The zero-order chi connectivity index (χ0) is 13.1. The van der Waals surface area contributed by atoms with Crippen molar-refractivity contribution in [2.45, 2.75) is 25.7 Å². The molecule has 1 N–H and O–H groups in total. The molecule has 0 aliphatic carbocycles. The molecule has 0 saturated carbocycles. The second-order valence-electron chi connectivity index (χ2n) is 5.13. The van der Waals surface area contributed by atoms with Gasteiger partial charge in [0.1, 0.15) is 5.82 Å². The van der Waals surface area contributed by atoms with Crippen LogP contribution in [0.1, 0.15) is 30.3 Å². The highest BCUT2D eigenvalue weighted by atomic mass is 14.9. The molecule has 3 nitrogen and oxygen atoms in total. The number of nitrogens with one attached hydrogen (secondary N) is 1. The fourth-order valence-electron chi connectivity index (χ4n) is 2.66. The normalized spacial score (nSPS) is 19.3. The largest absolute Gasteiger partial charge is 0.316 e. The second-order valence-corrected chi connectivity index (χ2v) is 5.13. The van der Waals surface area contributed by atoms with E-state index in [4.69, 9.17) is 0 Å². The number of rotatable bonds is 2. The Morgan fingerprint density at radius 1 is 1.16 bits per heavy atom. The number of aromatic nitrogens is 2. The van der Waals surface area contributed by atoms with Crippen LogP contribution in [-0.2, 0) is 0 Å². The average molecular weight is 253 g/mol. The molecule has 0 radical (unpaired) electrons. The summed E-state index contributed by atoms with van der Waals surface area (Å²) in [6.45, 7) is 4.14. The van der Waals surface area contributed by atoms with Gasteiger partial charge in [-0.3, -0.25) is 0 Å². The fourth-order valence-corrected chi connectivity index (χ4v) is 2.66. The van der Waals surface area contributed by atoms with Crippen molar-refractivity contribution in [1.82, 2.24) is 15.3 Å². The van der Waals surface area contributed by atoms with E-state index < -0.39 is 0 Å². The second kappa shape index (κ2) is 5.49. The topological polar surface area (TPSA) is 37.8 Å². The van der Waals surface area contributed by atoms with Crippen LogP contribution in [0.5, 0.6) is 0 Å². The summed E-state index contributed by atoms with van der Waals surface area (Å²) in [4.78, 5) is 9.20. The Bertz CT molecular complexity index is 545. The van der Waals surface area contributed by atoms with E-state index in [2.05, 4.69) is 45.6 Å². The van der Waals surface area contributed by atoms with E-state index in [0.717, 1.165) is 30.2 Å². The third-order valence-electron chi connectivity index (χ3n) is 3.64. The van der Waals surface area contributed by atoms with Gasteiger partial charge in [-0.1, -0.05) is 30.3 Å². The predicted molar refractivity (Wildman–Crippen MR) is 77.0 cm³/mol. The van der Waals surface area contributed by atoms with Gasteiger partial charge in [0.05, 0.1) is 5.69 Å². The highest BCUT2D eigenvalue weighted by Gasteiger charge is 2.17. The van der Waals surface area contributed by atoms with Crippen molar-refractivity contribution >= 4 is 0 Å². The maximum Gasteiger partial charge on any atom is 0.126 e. The van der Waals surface area contributed by atoms with Gasteiger partial charge in [-0.05, 0) is 32.4 Å². The molecular formula is C16H19N3. The van der Waals surface area contributed by atoms with Gasteiger partial charge in [0.15, 0.2) is 0 Å². The summed E-state index contributed by atoms with van der Waals surface area (Å²) in [7, 11) is 0. The summed E-state index contributed by atoms with van der Waals surface area (Å²) in [5, 5.41) is 3.45. The molecule has 98 valence electrons. The molecule has 19 heavy (non-hydrogen) atoms. The van der Waals surface area contributed by atoms with E-state index in [0.29, 0.717) is 5.92 Å². The van der Waals surface area contributed by atoms with Crippen LogP contribution in [-0.4, -0.2) is 23.1 Å². The SMILES string of the molecule is Cc1nc(-c2ccccc2)cc([C@@H]2CCCNC2)n1. The number of piperidine rings is 1. The van der Waals surface area contributed by atoms with E-state index >= 15 is 0 Å². The highest BCUT2D eigenvalue weighted by Crippen LogP contribution is 2.25. The molecule has 1 aliphatic heterocycles. The number of hydrogen-bond acceptors (Lipinski definition) is 3. The molecule has 0 spiro atoms. The van der Waals surface area contributed by atoms with Crippen LogP contribution in [0, 0.1) is 6.92 Å². The summed E-state index contributed by atoms with van der Waals surface area (Å²) in [5.41, 5.74) is 3.38. The Balaban J connectivity index is 1.96. The molecule has 2 heterocycles. The molecule has 1 saturated heterocycles. The minimum Gasteiger partial charge on any atom is -0.316 e. The van der Waals surface area contributed by atoms with Crippen LogP contribution in [0.15, 0.2) is 36.4 Å². The van der Waals surface area contributed by atoms with Crippen LogP contribution in [0.4, 0.5) is 0 Å². The molecule has 1 aromatic carbocycles. The minimum atomic E-state index is 0.526. The maximum absolute atomic E-state index is 4.63. The molecule has 1 fully saturated rings. The third-order valence-corrected chi connectivity index (χ3v) is 3.64. The van der Waals surface area contributed by atoms with Crippen molar-refractivity contribution in [1.29, 1.82) is 0 Å². The van der Waals surface area contributed by atoms with Crippen molar-refractivity contribution in [3.63, 3.8) is 0 Å². The van der Waals surface area contributed by atoms with E-state index in [9.17, 15) is 0 Å². The number of hydrogen-bond donors (Lipinski definition) is 1. The van der Waals surface area contributed by atoms with Crippen molar-refractivity contribution in [3.8, 4) is 11.3 Å². The smallest absolute Gasteiger partial charge is 0.126 e.